The van der Waals surface area contributed by atoms with Crippen LogP contribution in [0.2, 0.25) is 0 Å². The topological polar surface area (TPSA) is 68.8 Å². The molecule has 8 heteroatoms. The van der Waals surface area contributed by atoms with E-state index in [1.54, 1.807) is 11.7 Å². The number of nitrogens with one attached hydrogen (secondary N) is 1. The Morgan fingerprint density at radius 2 is 2.25 bits per heavy atom. The molecule has 0 bridgehead atoms. The lowest BCUT2D eigenvalue weighted by molar-refractivity contribution is -0.186. The molecule has 3 atom stereocenters. The maximum atomic E-state index is 12.8. The molecule has 0 aliphatic heterocycles. The lowest BCUT2D eigenvalue weighted by Gasteiger charge is -2.34. The first kappa shape index (κ1) is 15.2. The minimum Gasteiger partial charge on any atom is -0.271 e. The maximum absolute atomic E-state index is 12.8. The molecule has 0 amide bonds. The Bertz CT molecular complexity index is 431. The molecule has 1 heterocycles. The summed E-state index contributed by atoms with van der Waals surface area (Å²) in [6, 6.07) is -0.206. The van der Waals surface area contributed by atoms with E-state index in [1.165, 1.54) is 6.33 Å². The first-order chi connectivity index (χ1) is 9.41. The lowest BCUT2D eigenvalue weighted by Crippen LogP contribution is -2.45. The van der Waals surface area contributed by atoms with Gasteiger partial charge in [-0.15, -0.1) is 0 Å². The molecule has 114 valence electrons. The normalized spacial score (nSPS) is 25.6. The number of hydrazine groups is 1. The van der Waals surface area contributed by atoms with Gasteiger partial charge in [0.15, 0.2) is 0 Å². The van der Waals surface area contributed by atoms with Crippen molar-refractivity contribution in [3.05, 3.63) is 12.2 Å². The summed E-state index contributed by atoms with van der Waals surface area (Å²) in [5.74, 6) is 4.96. The zero-order valence-electron chi connectivity index (χ0n) is 11.4. The second kappa shape index (κ2) is 6.09. The van der Waals surface area contributed by atoms with E-state index >= 15 is 0 Å². The molecule has 1 aliphatic carbocycles. The van der Waals surface area contributed by atoms with Crippen LogP contribution in [0.15, 0.2) is 6.33 Å². The molecule has 3 N–H and O–H groups in total. The molecule has 0 radical (unpaired) electrons. The first-order valence-corrected chi connectivity index (χ1v) is 6.77. The van der Waals surface area contributed by atoms with Crippen molar-refractivity contribution >= 4 is 0 Å². The minimum absolute atomic E-state index is 0.0860. The van der Waals surface area contributed by atoms with Crippen LogP contribution in [0.1, 0.15) is 31.5 Å². The van der Waals surface area contributed by atoms with Gasteiger partial charge in [-0.25, -0.2) is 4.98 Å². The van der Waals surface area contributed by atoms with E-state index in [1.807, 2.05) is 0 Å². The van der Waals surface area contributed by atoms with Crippen LogP contribution in [0.4, 0.5) is 13.2 Å². The van der Waals surface area contributed by atoms with Gasteiger partial charge in [0.25, 0.3) is 0 Å². The van der Waals surface area contributed by atoms with Crippen LogP contribution in [-0.2, 0) is 13.5 Å². The van der Waals surface area contributed by atoms with Gasteiger partial charge in [0.05, 0.1) is 5.92 Å². The lowest BCUT2D eigenvalue weighted by atomic mass is 9.77. The second-order valence-corrected chi connectivity index (χ2v) is 5.44. The molecule has 1 fully saturated rings. The average molecular weight is 291 g/mol. The third-order valence-corrected chi connectivity index (χ3v) is 4.17. The highest BCUT2D eigenvalue weighted by Gasteiger charge is 2.43. The van der Waals surface area contributed by atoms with Crippen LogP contribution in [0.25, 0.3) is 0 Å². The average Bonchev–Trinajstić information content (AvgIpc) is 2.80. The van der Waals surface area contributed by atoms with Gasteiger partial charge in [-0.3, -0.25) is 16.0 Å². The fourth-order valence-electron chi connectivity index (χ4n) is 2.95. The number of alkyl halides is 3. The molecule has 2 rings (SSSR count). The third kappa shape index (κ3) is 3.49. The number of nitrogens with two attached hydrogens (primary N) is 1. The number of rotatable bonds is 4. The zero-order valence-corrected chi connectivity index (χ0v) is 11.4. The Hall–Kier alpha value is -1.15. The number of hydrogen-bond donors (Lipinski definition) is 2. The quantitative estimate of drug-likeness (QED) is 0.652. The van der Waals surface area contributed by atoms with Crippen molar-refractivity contribution in [3.63, 3.8) is 0 Å². The van der Waals surface area contributed by atoms with Crippen molar-refractivity contribution in [3.8, 4) is 0 Å². The van der Waals surface area contributed by atoms with E-state index in [2.05, 4.69) is 15.5 Å². The van der Waals surface area contributed by atoms with Crippen molar-refractivity contribution in [2.24, 2.45) is 24.7 Å². The Morgan fingerprint density at radius 1 is 1.50 bits per heavy atom. The van der Waals surface area contributed by atoms with Crippen LogP contribution in [-0.4, -0.2) is 27.0 Å². The summed E-state index contributed by atoms with van der Waals surface area (Å²) in [5.41, 5.74) is 2.66. The largest absolute Gasteiger partial charge is 0.391 e. The van der Waals surface area contributed by atoms with Crippen LogP contribution in [0.5, 0.6) is 0 Å². The molecular formula is C12H20F3N5. The van der Waals surface area contributed by atoms with Gasteiger partial charge in [0, 0.05) is 19.5 Å². The molecule has 0 spiro atoms. The summed E-state index contributed by atoms with van der Waals surface area (Å²) in [5, 5.41) is 3.96. The molecule has 3 unspecified atom stereocenters. The van der Waals surface area contributed by atoms with Crippen molar-refractivity contribution in [1.82, 2.24) is 20.2 Å². The molecule has 20 heavy (non-hydrogen) atoms. The van der Waals surface area contributed by atoms with E-state index in [9.17, 15) is 13.2 Å². The standard InChI is InChI=1S/C12H20F3N5/c1-20-11(17-7-18-20)6-10(19-16)8-3-2-4-9(5-8)12(13,14)15/h7-10,19H,2-6,16H2,1H3. The summed E-state index contributed by atoms with van der Waals surface area (Å²) >= 11 is 0. The van der Waals surface area contributed by atoms with Gasteiger partial charge in [0.2, 0.25) is 0 Å². The maximum Gasteiger partial charge on any atom is 0.391 e. The molecule has 1 aromatic heterocycles. The molecule has 0 aromatic carbocycles. The van der Waals surface area contributed by atoms with Crippen molar-refractivity contribution in [2.75, 3.05) is 0 Å². The Morgan fingerprint density at radius 3 is 2.80 bits per heavy atom. The molecular weight excluding hydrogens is 271 g/mol. The highest BCUT2D eigenvalue weighted by atomic mass is 19.4. The monoisotopic (exact) mass is 291 g/mol. The summed E-state index contributed by atoms with van der Waals surface area (Å²) in [4.78, 5) is 4.10. The number of aromatic nitrogens is 3. The van der Waals surface area contributed by atoms with Gasteiger partial charge >= 0.3 is 6.18 Å². The van der Waals surface area contributed by atoms with Gasteiger partial charge in [0.1, 0.15) is 12.2 Å². The zero-order chi connectivity index (χ0) is 14.8. The number of nitrogens with zero attached hydrogens (tertiary/aromatic N) is 3. The highest BCUT2D eigenvalue weighted by Crippen LogP contribution is 2.41. The van der Waals surface area contributed by atoms with Crippen LogP contribution < -0.4 is 11.3 Å². The first-order valence-electron chi connectivity index (χ1n) is 6.77. The fourth-order valence-corrected chi connectivity index (χ4v) is 2.95. The highest BCUT2D eigenvalue weighted by molar-refractivity contribution is 4.93. The van der Waals surface area contributed by atoms with Gasteiger partial charge in [-0.1, -0.05) is 6.42 Å². The smallest absolute Gasteiger partial charge is 0.271 e. The molecule has 0 saturated heterocycles. The van der Waals surface area contributed by atoms with E-state index in [0.29, 0.717) is 12.8 Å². The van der Waals surface area contributed by atoms with Gasteiger partial charge < -0.3 is 0 Å². The van der Waals surface area contributed by atoms with Crippen molar-refractivity contribution in [2.45, 2.75) is 44.3 Å². The van der Waals surface area contributed by atoms with E-state index in [-0.39, 0.29) is 24.8 Å². The summed E-state index contributed by atoms with van der Waals surface area (Å²) in [7, 11) is 1.76. The van der Waals surface area contributed by atoms with Gasteiger partial charge in [-0.2, -0.15) is 18.3 Å². The predicted molar refractivity (Wildman–Crippen MR) is 67.3 cm³/mol. The number of hydrogen-bond acceptors (Lipinski definition) is 4. The number of aryl methyl sites for hydroxylation is 1. The molecule has 1 aromatic rings. The summed E-state index contributed by atoms with van der Waals surface area (Å²) in [6.45, 7) is 0. The van der Waals surface area contributed by atoms with Crippen LogP contribution in [0, 0.1) is 11.8 Å². The molecule has 1 aliphatic rings. The van der Waals surface area contributed by atoms with Crippen LogP contribution in [0.3, 0.4) is 0 Å². The Balaban J connectivity index is 2.02. The number of halogens is 3. The molecule has 5 nitrogen and oxygen atoms in total. The van der Waals surface area contributed by atoms with E-state index < -0.39 is 12.1 Å². The minimum atomic E-state index is -4.11. The summed E-state index contributed by atoms with van der Waals surface area (Å²) < 4.78 is 40.2. The summed E-state index contributed by atoms with van der Waals surface area (Å²) in [6.07, 6.45) is -0.476. The van der Waals surface area contributed by atoms with E-state index in [4.69, 9.17) is 5.84 Å². The SMILES string of the molecule is Cn1ncnc1CC(NN)C1CCCC(C(F)(F)F)C1. The molecule has 1 saturated carbocycles. The van der Waals surface area contributed by atoms with Crippen molar-refractivity contribution < 1.29 is 13.2 Å². The Kier molecular flexibility index (Phi) is 4.64. The fraction of sp³-hybridized carbons (Fsp3) is 0.833. The predicted octanol–water partition coefficient (Wildman–Crippen LogP) is 1.56. The van der Waals surface area contributed by atoms with Crippen LogP contribution >= 0.6 is 0 Å². The van der Waals surface area contributed by atoms with Gasteiger partial charge in [-0.05, 0) is 25.2 Å². The van der Waals surface area contributed by atoms with E-state index in [0.717, 1.165) is 12.2 Å². The second-order valence-electron chi connectivity index (χ2n) is 5.44. The Labute approximate surface area is 115 Å². The third-order valence-electron chi connectivity index (χ3n) is 4.17. The van der Waals surface area contributed by atoms with Crippen molar-refractivity contribution in [1.29, 1.82) is 0 Å².